The van der Waals surface area contributed by atoms with Gasteiger partial charge in [0.25, 0.3) is 6.43 Å². The first-order chi connectivity index (χ1) is 9.13. The van der Waals surface area contributed by atoms with Gasteiger partial charge in [0.05, 0.1) is 11.9 Å². The predicted molar refractivity (Wildman–Crippen MR) is 67.3 cm³/mol. The van der Waals surface area contributed by atoms with Gasteiger partial charge in [0.1, 0.15) is 6.54 Å². The number of benzene rings is 1. The Labute approximate surface area is 108 Å². The standard InChI is InChI=1S/C12H12F2N4O/c13-11(14)8-18-7-10(6-15-18)17-12(19)16-9-4-2-1-3-5-9/h1-7,11H,8H2,(H2,16,17,19). The fraction of sp³-hybridized carbons (Fsp3) is 0.167. The number of urea groups is 1. The van der Waals surface area contributed by atoms with Gasteiger partial charge in [-0.05, 0) is 12.1 Å². The van der Waals surface area contributed by atoms with Crippen molar-refractivity contribution in [1.29, 1.82) is 0 Å². The summed E-state index contributed by atoms with van der Waals surface area (Å²) < 4.78 is 25.3. The summed E-state index contributed by atoms with van der Waals surface area (Å²) >= 11 is 0. The fourth-order valence-electron chi connectivity index (χ4n) is 1.48. The van der Waals surface area contributed by atoms with Crippen LogP contribution in [-0.2, 0) is 6.54 Å². The van der Waals surface area contributed by atoms with E-state index in [4.69, 9.17) is 0 Å². The topological polar surface area (TPSA) is 59.0 Å². The molecule has 2 aromatic rings. The van der Waals surface area contributed by atoms with Crippen LogP contribution in [0.5, 0.6) is 0 Å². The third-order valence-corrected chi connectivity index (χ3v) is 2.25. The molecule has 1 heterocycles. The minimum atomic E-state index is -2.48. The second kappa shape index (κ2) is 5.94. The maximum absolute atomic E-state index is 12.1. The molecule has 2 rings (SSSR count). The van der Waals surface area contributed by atoms with Gasteiger partial charge < -0.3 is 10.6 Å². The number of rotatable bonds is 4. The number of carbonyl (C=O) groups is 1. The molecule has 2 N–H and O–H groups in total. The van der Waals surface area contributed by atoms with Crippen LogP contribution in [0.15, 0.2) is 42.7 Å². The van der Waals surface area contributed by atoms with E-state index in [1.165, 1.54) is 12.4 Å². The molecule has 0 fully saturated rings. The molecule has 0 atom stereocenters. The van der Waals surface area contributed by atoms with Crippen LogP contribution in [0, 0.1) is 0 Å². The second-order valence-electron chi connectivity index (χ2n) is 3.79. The van der Waals surface area contributed by atoms with E-state index >= 15 is 0 Å². The fourth-order valence-corrected chi connectivity index (χ4v) is 1.48. The molecule has 0 unspecified atom stereocenters. The van der Waals surface area contributed by atoms with Crippen LogP contribution in [0.4, 0.5) is 25.0 Å². The Morgan fingerprint density at radius 2 is 1.89 bits per heavy atom. The second-order valence-corrected chi connectivity index (χ2v) is 3.79. The molecule has 0 radical (unpaired) electrons. The first-order valence-corrected chi connectivity index (χ1v) is 5.57. The summed E-state index contributed by atoms with van der Waals surface area (Å²) in [4.78, 5) is 11.6. The lowest BCUT2D eigenvalue weighted by Crippen LogP contribution is -2.19. The SMILES string of the molecule is O=C(Nc1ccccc1)Nc1cnn(CC(F)F)c1. The predicted octanol–water partition coefficient (Wildman–Crippen LogP) is 2.79. The zero-order chi connectivity index (χ0) is 13.7. The minimum Gasteiger partial charge on any atom is -0.308 e. The Kier molecular flexibility index (Phi) is 4.07. The molecule has 19 heavy (non-hydrogen) atoms. The molecule has 0 aliphatic carbocycles. The highest BCUT2D eigenvalue weighted by atomic mass is 19.3. The van der Waals surface area contributed by atoms with E-state index in [2.05, 4.69) is 15.7 Å². The number of carbonyl (C=O) groups excluding carboxylic acids is 1. The Hall–Kier alpha value is -2.44. The molecule has 1 aromatic heterocycles. The third kappa shape index (κ3) is 4.06. The summed E-state index contributed by atoms with van der Waals surface area (Å²) in [6.45, 7) is -0.498. The summed E-state index contributed by atoms with van der Waals surface area (Å²) in [6.07, 6.45) is 0.176. The molecule has 0 saturated heterocycles. The Balaban J connectivity index is 1.90. The van der Waals surface area contributed by atoms with Crippen LogP contribution in [0.1, 0.15) is 0 Å². The van der Waals surface area contributed by atoms with Gasteiger partial charge in [-0.25, -0.2) is 13.6 Å². The van der Waals surface area contributed by atoms with Crippen LogP contribution in [0.25, 0.3) is 0 Å². The largest absolute Gasteiger partial charge is 0.323 e. The van der Waals surface area contributed by atoms with Crippen molar-refractivity contribution in [2.24, 2.45) is 0 Å². The number of aromatic nitrogens is 2. The van der Waals surface area contributed by atoms with E-state index in [1.54, 1.807) is 24.3 Å². The van der Waals surface area contributed by atoms with Gasteiger partial charge in [0.2, 0.25) is 0 Å². The van der Waals surface area contributed by atoms with Crippen molar-refractivity contribution in [3.8, 4) is 0 Å². The molecule has 0 spiro atoms. The number of alkyl halides is 2. The van der Waals surface area contributed by atoms with Crippen molar-refractivity contribution in [2.45, 2.75) is 13.0 Å². The van der Waals surface area contributed by atoms with Crippen molar-refractivity contribution in [3.63, 3.8) is 0 Å². The molecular formula is C12H12F2N4O. The molecule has 100 valence electrons. The average Bonchev–Trinajstić information content (AvgIpc) is 2.76. The molecule has 0 aliphatic rings. The lowest BCUT2D eigenvalue weighted by Gasteiger charge is -2.05. The number of para-hydroxylation sites is 1. The van der Waals surface area contributed by atoms with Crippen molar-refractivity contribution in [1.82, 2.24) is 9.78 Å². The first-order valence-electron chi connectivity index (χ1n) is 5.57. The van der Waals surface area contributed by atoms with E-state index in [-0.39, 0.29) is 0 Å². The smallest absolute Gasteiger partial charge is 0.308 e. The van der Waals surface area contributed by atoms with E-state index in [1.807, 2.05) is 6.07 Å². The Morgan fingerprint density at radius 1 is 1.21 bits per heavy atom. The number of amides is 2. The summed E-state index contributed by atoms with van der Waals surface area (Å²) in [5, 5.41) is 8.82. The number of hydrogen-bond donors (Lipinski definition) is 2. The minimum absolute atomic E-state index is 0.356. The van der Waals surface area contributed by atoms with Gasteiger partial charge in [0.15, 0.2) is 0 Å². The molecule has 5 nitrogen and oxygen atoms in total. The Bertz CT molecular complexity index is 542. The summed E-state index contributed by atoms with van der Waals surface area (Å²) in [7, 11) is 0. The molecule has 1 aromatic carbocycles. The van der Waals surface area contributed by atoms with Crippen LogP contribution in [0.3, 0.4) is 0 Å². The third-order valence-electron chi connectivity index (χ3n) is 2.25. The normalized spacial score (nSPS) is 10.5. The van der Waals surface area contributed by atoms with Crippen LogP contribution in [-0.4, -0.2) is 22.2 Å². The zero-order valence-corrected chi connectivity index (χ0v) is 9.88. The molecule has 0 bridgehead atoms. The maximum Gasteiger partial charge on any atom is 0.323 e. The summed E-state index contributed by atoms with van der Waals surface area (Å²) in [5.41, 5.74) is 0.994. The average molecular weight is 266 g/mol. The van der Waals surface area contributed by atoms with Crippen LogP contribution in [0.2, 0.25) is 0 Å². The Morgan fingerprint density at radius 3 is 2.58 bits per heavy atom. The van der Waals surface area contributed by atoms with Crippen LogP contribution >= 0.6 is 0 Å². The lowest BCUT2D eigenvalue weighted by molar-refractivity contribution is 0.122. The van der Waals surface area contributed by atoms with Crippen molar-refractivity contribution >= 4 is 17.4 Å². The maximum atomic E-state index is 12.1. The summed E-state index contributed by atoms with van der Waals surface area (Å²) in [5.74, 6) is 0. The lowest BCUT2D eigenvalue weighted by atomic mass is 10.3. The molecule has 2 amide bonds. The number of nitrogens with one attached hydrogen (secondary N) is 2. The summed E-state index contributed by atoms with van der Waals surface area (Å²) in [6, 6.07) is 8.42. The van der Waals surface area contributed by atoms with Crippen molar-refractivity contribution < 1.29 is 13.6 Å². The molecular weight excluding hydrogens is 254 g/mol. The van der Waals surface area contributed by atoms with Crippen LogP contribution < -0.4 is 10.6 Å². The van der Waals surface area contributed by atoms with Gasteiger partial charge in [0, 0.05) is 11.9 Å². The quantitative estimate of drug-likeness (QED) is 0.894. The highest BCUT2D eigenvalue weighted by molar-refractivity contribution is 5.99. The first kappa shape index (κ1) is 13.0. The number of nitrogens with zero attached hydrogens (tertiary/aromatic N) is 2. The highest BCUT2D eigenvalue weighted by Gasteiger charge is 2.07. The molecule has 0 aliphatic heterocycles. The van der Waals surface area contributed by atoms with E-state index < -0.39 is 19.0 Å². The number of halogens is 2. The van der Waals surface area contributed by atoms with Gasteiger partial charge in [-0.1, -0.05) is 18.2 Å². The molecule has 0 saturated carbocycles. The van der Waals surface area contributed by atoms with Crippen molar-refractivity contribution in [2.75, 3.05) is 10.6 Å². The highest BCUT2D eigenvalue weighted by Crippen LogP contribution is 2.09. The van der Waals surface area contributed by atoms with Crippen molar-refractivity contribution in [3.05, 3.63) is 42.7 Å². The monoisotopic (exact) mass is 266 g/mol. The van der Waals surface area contributed by atoms with Gasteiger partial charge in [-0.3, -0.25) is 4.68 Å². The number of anilines is 2. The number of hydrogen-bond acceptors (Lipinski definition) is 2. The molecule has 7 heteroatoms. The van der Waals surface area contributed by atoms with E-state index in [9.17, 15) is 13.6 Å². The van der Waals surface area contributed by atoms with Gasteiger partial charge in [-0.2, -0.15) is 5.10 Å². The zero-order valence-electron chi connectivity index (χ0n) is 9.88. The van der Waals surface area contributed by atoms with Gasteiger partial charge >= 0.3 is 6.03 Å². The van der Waals surface area contributed by atoms with Gasteiger partial charge in [-0.15, -0.1) is 0 Å². The van der Waals surface area contributed by atoms with E-state index in [0.717, 1.165) is 4.68 Å². The van der Waals surface area contributed by atoms with E-state index in [0.29, 0.717) is 11.4 Å².